The molecule has 0 aliphatic heterocycles. The molecule has 0 aromatic heterocycles. The lowest BCUT2D eigenvalue weighted by Gasteiger charge is -2.22. The molecule has 0 heterocycles. The molecule has 1 saturated carbocycles. The molecule has 1 fully saturated rings. The van der Waals surface area contributed by atoms with E-state index >= 15 is 0 Å². The van der Waals surface area contributed by atoms with Crippen LogP contribution >= 0.6 is 0 Å². The van der Waals surface area contributed by atoms with Crippen molar-refractivity contribution in [3.8, 4) is 6.07 Å². The first-order valence-electron chi connectivity index (χ1n) is 8.72. The molecule has 0 bridgehead atoms. The molecule has 0 radical (unpaired) electrons. The Kier molecular flexibility index (Phi) is 5.59. The van der Waals surface area contributed by atoms with Gasteiger partial charge in [-0.2, -0.15) is 9.57 Å². The molecule has 0 saturated heterocycles. The third-order valence-electron chi connectivity index (χ3n) is 4.63. The smallest absolute Gasteiger partial charge is 0.243 e. The van der Waals surface area contributed by atoms with E-state index in [9.17, 15) is 13.2 Å². The van der Waals surface area contributed by atoms with Crippen LogP contribution in [0.25, 0.3) is 0 Å². The van der Waals surface area contributed by atoms with E-state index in [1.54, 1.807) is 0 Å². The van der Waals surface area contributed by atoms with Gasteiger partial charge in [0.25, 0.3) is 0 Å². The summed E-state index contributed by atoms with van der Waals surface area (Å²) in [5.74, 6) is 0.0623. The second-order valence-corrected chi connectivity index (χ2v) is 8.74. The number of nitrogens with one attached hydrogen (secondary N) is 1. The van der Waals surface area contributed by atoms with Crippen molar-refractivity contribution in [1.82, 2.24) is 9.62 Å². The SMILES string of the molecule is CN(CC(=O)NC(c1ccccc1)C1CC1)S(=O)(=O)c1ccc(C#N)cc1. The molecule has 2 aromatic carbocycles. The zero-order valence-corrected chi connectivity index (χ0v) is 15.8. The van der Waals surface area contributed by atoms with E-state index < -0.39 is 10.0 Å². The topological polar surface area (TPSA) is 90.3 Å². The van der Waals surface area contributed by atoms with Gasteiger partial charge in [-0.1, -0.05) is 30.3 Å². The number of likely N-dealkylation sites (N-methyl/N-ethyl adjacent to an activating group) is 1. The van der Waals surface area contributed by atoms with Crippen LogP contribution in [0.4, 0.5) is 0 Å². The lowest BCUT2D eigenvalue weighted by Crippen LogP contribution is -2.40. The fourth-order valence-electron chi connectivity index (χ4n) is 2.95. The maximum absolute atomic E-state index is 12.6. The Balaban J connectivity index is 1.68. The minimum atomic E-state index is -3.80. The van der Waals surface area contributed by atoms with Crippen molar-refractivity contribution >= 4 is 15.9 Å². The summed E-state index contributed by atoms with van der Waals surface area (Å²) >= 11 is 0. The number of amides is 1. The van der Waals surface area contributed by atoms with E-state index in [0.29, 0.717) is 11.5 Å². The van der Waals surface area contributed by atoms with Crippen LogP contribution in [0.3, 0.4) is 0 Å². The zero-order valence-electron chi connectivity index (χ0n) is 15.0. The summed E-state index contributed by atoms with van der Waals surface area (Å²) in [7, 11) is -2.42. The second kappa shape index (κ2) is 7.91. The fraction of sp³-hybridized carbons (Fsp3) is 0.300. The largest absolute Gasteiger partial charge is 0.348 e. The average molecular weight is 383 g/mol. The molecule has 1 aliphatic carbocycles. The lowest BCUT2D eigenvalue weighted by atomic mass is 10.0. The number of benzene rings is 2. The van der Waals surface area contributed by atoms with Gasteiger partial charge in [-0.3, -0.25) is 4.79 Å². The highest BCUT2D eigenvalue weighted by atomic mass is 32.2. The first-order chi connectivity index (χ1) is 12.9. The van der Waals surface area contributed by atoms with Crippen LogP contribution in [-0.4, -0.2) is 32.2 Å². The minimum absolute atomic E-state index is 0.0543. The van der Waals surface area contributed by atoms with Gasteiger partial charge in [0.2, 0.25) is 15.9 Å². The van der Waals surface area contributed by atoms with Crippen molar-refractivity contribution in [3.05, 3.63) is 65.7 Å². The number of nitriles is 1. The summed E-state index contributed by atoms with van der Waals surface area (Å²) in [6.07, 6.45) is 2.11. The van der Waals surface area contributed by atoms with Gasteiger partial charge in [0, 0.05) is 7.05 Å². The highest BCUT2D eigenvalue weighted by molar-refractivity contribution is 7.89. The van der Waals surface area contributed by atoms with Gasteiger partial charge in [0.05, 0.1) is 29.1 Å². The van der Waals surface area contributed by atoms with Gasteiger partial charge in [0.15, 0.2) is 0 Å². The van der Waals surface area contributed by atoms with Crippen molar-refractivity contribution in [3.63, 3.8) is 0 Å². The highest BCUT2D eigenvalue weighted by Crippen LogP contribution is 2.40. The van der Waals surface area contributed by atoms with Crippen molar-refractivity contribution in [2.24, 2.45) is 5.92 Å². The van der Waals surface area contributed by atoms with E-state index in [1.165, 1.54) is 31.3 Å². The summed E-state index contributed by atoms with van der Waals surface area (Å²) < 4.78 is 26.3. The van der Waals surface area contributed by atoms with Crippen LogP contribution in [0.5, 0.6) is 0 Å². The summed E-state index contributed by atoms with van der Waals surface area (Å²) in [5, 5.41) is 11.8. The van der Waals surface area contributed by atoms with Crippen LogP contribution in [0.15, 0.2) is 59.5 Å². The number of sulfonamides is 1. The Morgan fingerprint density at radius 2 is 1.81 bits per heavy atom. The number of carbonyl (C=O) groups excluding carboxylic acids is 1. The van der Waals surface area contributed by atoms with Gasteiger partial charge in [-0.05, 0) is 48.6 Å². The Hall–Kier alpha value is -2.69. The van der Waals surface area contributed by atoms with Gasteiger partial charge in [-0.15, -0.1) is 0 Å². The van der Waals surface area contributed by atoms with Crippen LogP contribution in [0.1, 0.15) is 30.0 Å². The van der Waals surface area contributed by atoms with Crippen molar-refractivity contribution in [2.45, 2.75) is 23.8 Å². The quantitative estimate of drug-likeness (QED) is 0.795. The first-order valence-corrected chi connectivity index (χ1v) is 10.2. The third-order valence-corrected chi connectivity index (χ3v) is 6.44. The van der Waals surface area contributed by atoms with Crippen LogP contribution in [0, 0.1) is 17.2 Å². The number of hydrogen-bond donors (Lipinski definition) is 1. The summed E-state index contributed by atoms with van der Waals surface area (Å²) in [6, 6.07) is 17.2. The molecule has 3 rings (SSSR count). The van der Waals surface area contributed by atoms with Crippen molar-refractivity contribution in [1.29, 1.82) is 5.26 Å². The highest BCUT2D eigenvalue weighted by Gasteiger charge is 2.34. The molecule has 7 heteroatoms. The number of rotatable bonds is 7. The molecule has 1 unspecified atom stereocenters. The van der Waals surface area contributed by atoms with E-state index in [1.807, 2.05) is 36.4 Å². The standard InChI is InChI=1S/C20H21N3O3S/c1-23(27(25,26)18-11-7-15(13-21)8-12-18)14-19(24)22-20(17-9-10-17)16-5-3-2-4-6-16/h2-8,11-12,17,20H,9-10,14H2,1H3,(H,22,24). The van der Waals surface area contributed by atoms with Crippen molar-refractivity contribution < 1.29 is 13.2 Å². The van der Waals surface area contributed by atoms with Crippen LogP contribution < -0.4 is 5.32 Å². The average Bonchev–Trinajstić information content (AvgIpc) is 3.52. The molecule has 140 valence electrons. The molecular weight excluding hydrogens is 362 g/mol. The van der Waals surface area contributed by atoms with Crippen LogP contribution in [-0.2, 0) is 14.8 Å². The van der Waals surface area contributed by atoms with Gasteiger partial charge >= 0.3 is 0 Å². The molecule has 1 N–H and O–H groups in total. The molecule has 1 atom stereocenters. The second-order valence-electron chi connectivity index (χ2n) is 6.69. The Morgan fingerprint density at radius 1 is 1.19 bits per heavy atom. The molecular formula is C20H21N3O3S. The molecule has 1 amide bonds. The predicted molar refractivity (Wildman–Crippen MR) is 101 cm³/mol. The first kappa shape index (κ1) is 19.1. The van der Waals surface area contributed by atoms with Crippen LogP contribution in [0.2, 0.25) is 0 Å². The van der Waals surface area contributed by atoms with E-state index in [2.05, 4.69) is 5.32 Å². The Morgan fingerprint density at radius 3 is 2.37 bits per heavy atom. The van der Waals surface area contributed by atoms with Gasteiger partial charge in [0.1, 0.15) is 0 Å². The monoisotopic (exact) mass is 383 g/mol. The Labute approximate surface area is 159 Å². The molecule has 27 heavy (non-hydrogen) atoms. The van der Waals surface area contributed by atoms with Gasteiger partial charge < -0.3 is 5.32 Å². The molecule has 6 nitrogen and oxygen atoms in total. The summed E-state index contributed by atoms with van der Waals surface area (Å²) in [4.78, 5) is 12.5. The molecule has 1 aliphatic rings. The molecule has 0 spiro atoms. The minimum Gasteiger partial charge on any atom is -0.348 e. The number of carbonyl (C=O) groups is 1. The Bertz CT molecular complexity index is 946. The van der Waals surface area contributed by atoms with E-state index in [-0.39, 0.29) is 23.4 Å². The zero-order chi connectivity index (χ0) is 19.4. The summed E-state index contributed by atoms with van der Waals surface area (Å²) in [5.41, 5.74) is 1.41. The maximum atomic E-state index is 12.6. The predicted octanol–water partition coefficient (Wildman–Crippen LogP) is 2.45. The summed E-state index contributed by atoms with van der Waals surface area (Å²) in [6.45, 7) is -0.265. The van der Waals surface area contributed by atoms with Gasteiger partial charge in [-0.25, -0.2) is 8.42 Å². The lowest BCUT2D eigenvalue weighted by molar-refractivity contribution is -0.122. The number of hydrogen-bond acceptors (Lipinski definition) is 4. The fourth-order valence-corrected chi connectivity index (χ4v) is 4.08. The normalized spacial score (nSPS) is 15.1. The molecule has 2 aromatic rings. The van der Waals surface area contributed by atoms with Crippen molar-refractivity contribution in [2.75, 3.05) is 13.6 Å². The van der Waals surface area contributed by atoms with E-state index in [0.717, 1.165) is 22.7 Å². The third kappa shape index (κ3) is 4.54. The number of nitrogens with zero attached hydrogens (tertiary/aromatic N) is 2. The van der Waals surface area contributed by atoms with E-state index in [4.69, 9.17) is 5.26 Å². The maximum Gasteiger partial charge on any atom is 0.243 e.